The molecule has 0 saturated heterocycles. The van der Waals surface area contributed by atoms with Crippen LogP contribution in [-0.2, 0) is 16.0 Å². The number of carbonyl (C=O) groups excluding carboxylic acids is 1. The summed E-state index contributed by atoms with van der Waals surface area (Å²) in [5, 5.41) is 11.5. The minimum absolute atomic E-state index is 0.118. The number of nitrogens with two attached hydrogens (primary N) is 1. The fraction of sp³-hybridized carbons (Fsp3) is 0.429. The van der Waals surface area contributed by atoms with Crippen LogP contribution < -0.4 is 11.1 Å². The quantitative estimate of drug-likeness (QED) is 0.678. The summed E-state index contributed by atoms with van der Waals surface area (Å²) < 4.78 is 0. The van der Waals surface area contributed by atoms with Crippen LogP contribution in [0.1, 0.15) is 18.9 Å². The largest absolute Gasteiger partial charge is 0.481 e. The Balaban J connectivity index is 2.43. The third kappa shape index (κ3) is 5.09. The molecule has 0 bridgehead atoms. The number of carbonyl (C=O) groups is 2. The fourth-order valence-electron chi connectivity index (χ4n) is 1.72. The molecule has 0 aliphatic heterocycles. The number of nitrogens with one attached hydrogen (secondary N) is 1. The maximum Gasteiger partial charge on any atom is 0.308 e. The zero-order valence-electron chi connectivity index (χ0n) is 11.0. The molecule has 104 valence electrons. The van der Waals surface area contributed by atoms with Gasteiger partial charge in [-0.3, -0.25) is 9.59 Å². The van der Waals surface area contributed by atoms with Crippen molar-refractivity contribution in [3.8, 4) is 0 Å². The third-order valence-electron chi connectivity index (χ3n) is 3.00. The average Bonchev–Trinajstić information content (AvgIpc) is 2.39. The lowest BCUT2D eigenvalue weighted by Crippen LogP contribution is -2.44. The Hall–Kier alpha value is -1.88. The van der Waals surface area contributed by atoms with E-state index in [4.69, 9.17) is 10.8 Å². The predicted octanol–water partition coefficient (Wildman–Crippen LogP) is 0.783. The van der Waals surface area contributed by atoms with Crippen molar-refractivity contribution in [2.75, 3.05) is 6.54 Å². The molecule has 4 N–H and O–H groups in total. The highest BCUT2D eigenvalue weighted by Crippen LogP contribution is 2.03. The molecular formula is C14H20N2O3. The summed E-state index contributed by atoms with van der Waals surface area (Å²) in [5.41, 5.74) is 6.78. The standard InChI is InChI=1S/C14H20N2O3/c1-2-11(14(18)19)9-16-13(17)12(15)8-10-6-4-3-5-7-10/h3-7,11-12H,2,8-9,15H2,1H3,(H,16,17)(H,18,19)/t11?,12-/m0/s1. The number of rotatable bonds is 7. The molecule has 0 aromatic heterocycles. The van der Waals surface area contributed by atoms with E-state index in [9.17, 15) is 9.59 Å². The lowest BCUT2D eigenvalue weighted by atomic mass is 10.0. The van der Waals surface area contributed by atoms with E-state index in [0.29, 0.717) is 12.8 Å². The molecule has 19 heavy (non-hydrogen) atoms. The number of hydrogen-bond donors (Lipinski definition) is 3. The van der Waals surface area contributed by atoms with Crippen LogP contribution in [0.4, 0.5) is 0 Å². The topological polar surface area (TPSA) is 92.4 Å². The molecule has 0 aliphatic carbocycles. The second-order valence-corrected chi connectivity index (χ2v) is 4.48. The van der Waals surface area contributed by atoms with Gasteiger partial charge in [0.25, 0.3) is 0 Å². The number of amides is 1. The number of hydrogen-bond acceptors (Lipinski definition) is 3. The van der Waals surface area contributed by atoms with Gasteiger partial charge < -0.3 is 16.2 Å². The molecule has 1 rings (SSSR count). The lowest BCUT2D eigenvalue weighted by Gasteiger charge is -2.15. The first kappa shape index (κ1) is 15.2. The molecule has 0 aliphatic rings. The molecule has 1 aromatic rings. The van der Waals surface area contributed by atoms with Crippen molar-refractivity contribution in [1.82, 2.24) is 5.32 Å². The first-order valence-electron chi connectivity index (χ1n) is 6.34. The van der Waals surface area contributed by atoms with E-state index in [1.807, 2.05) is 30.3 Å². The summed E-state index contributed by atoms with van der Waals surface area (Å²) in [6.07, 6.45) is 0.917. The van der Waals surface area contributed by atoms with Crippen molar-refractivity contribution in [1.29, 1.82) is 0 Å². The Morgan fingerprint density at radius 1 is 1.32 bits per heavy atom. The Bertz CT molecular complexity index is 420. The molecule has 0 saturated carbocycles. The van der Waals surface area contributed by atoms with Gasteiger partial charge in [0.15, 0.2) is 0 Å². The SMILES string of the molecule is CCC(CNC(=O)[C@@H](N)Cc1ccccc1)C(=O)O. The maximum atomic E-state index is 11.8. The normalized spacial score (nSPS) is 13.6. The van der Waals surface area contributed by atoms with E-state index in [2.05, 4.69) is 5.32 Å². The molecule has 5 heteroatoms. The van der Waals surface area contributed by atoms with Crippen LogP contribution in [0.15, 0.2) is 30.3 Å². The van der Waals surface area contributed by atoms with Crippen LogP contribution in [0.3, 0.4) is 0 Å². The van der Waals surface area contributed by atoms with Gasteiger partial charge in [0.2, 0.25) is 5.91 Å². The van der Waals surface area contributed by atoms with E-state index < -0.39 is 17.9 Å². The molecule has 0 radical (unpaired) electrons. The highest BCUT2D eigenvalue weighted by Gasteiger charge is 2.19. The number of carboxylic acid groups (broad SMARTS) is 1. The summed E-state index contributed by atoms with van der Waals surface area (Å²) in [6.45, 7) is 1.89. The van der Waals surface area contributed by atoms with Gasteiger partial charge in [0, 0.05) is 6.54 Å². The fourth-order valence-corrected chi connectivity index (χ4v) is 1.72. The molecule has 1 unspecified atom stereocenters. The van der Waals surface area contributed by atoms with Crippen LogP contribution in [0.2, 0.25) is 0 Å². The van der Waals surface area contributed by atoms with Gasteiger partial charge in [0.1, 0.15) is 0 Å². The smallest absolute Gasteiger partial charge is 0.308 e. The molecule has 0 fully saturated rings. The van der Waals surface area contributed by atoms with Crippen molar-refractivity contribution in [2.24, 2.45) is 11.7 Å². The van der Waals surface area contributed by atoms with Crippen LogP contribution in [-0.4, -0.2) is 29.6 Å². The Kier molecular flexibility index (Phi) is 6.02. The van der Waals surface area contributed by atoms with Crippen LogP contribution in [0, 0.1) is 5.92 Å². The molecule has 1 aromatic carbocycles. The maximum absolute atomic E-state index is 11.8. The van der Waals surface area contributed by atoms with Crippen molar-refractivity contribution in [2.45, 2.75) is 25.8 Å². The highest BCUT2D eigenvalue weighted by atomic mass is 16.4. The Labute approximate surface area is 112 Å². The first-order chi connectivity index (χ1) is 9.04. The Morgan fingerprint density at radius 2 is 1.95 bits per heavy atom. The molecule has 0 spiro atoms. The van der Waals surface area contributed by atoms with E-state index in [-0.39, 0.29) is 12.5 Å². The molecule has 2 atom stereocenters. The van der Waals surface area contributed by atoms with Gasteiger partial charge >= 0.3 is 5.97 Å². The second kappa shape index (κ2) is 7.53. The van der Waals surface area contributed by atoms with Crippen LogP contribution in [0.5, 0.6) is 0 Å². The highest BCUT2D eigenvalue weighted by molar-refractivity contribution is 5.82. The molecular weight excluding hydrogens is 244 g/mol. The number of benzene rings is 1. The zero-order chi connectivity index (χ0) is 14.3. The first-order valence-corrected chi connectivity index (χ1v) is 6.34. The average molecular weight is 264 g/mol. The minimum atomic E-state index is -0.903. The monoisotopic (exact) mass is 264 g/mol. The molecule has 5 nitrogen and oxygen atoms in total. The molecule has 0 heterocycles. The van der Waals surface area contributed by atoms with Gasteiger partial charge in [-0.05, 0) is 18.4 Å². The summed E-state index contributed by atoms with van der Waals surface area (Å²) in [4.78, 5) is 22.6. The minimum Gasteiger partial charge on any atom is -0.481 e. The van der Waals surface area contributed by atoms with Gasteiger partial charge in [-0.1, -0.05) is 37.3 Å². The lowest BCUT2D eigenvalue weighted by molar-refractivity contribution is -0.141. The van der Waals surface area contributed by atoms with E-state index in [1.165, 1.54) is 0 Å². The number of aliphatic carboxylic acids is 1. The van der Waals surface area contributed by atoms with E-state index in [0.717, 1.165) is 5.56 Å². The predicted molar refractivity (Wildman–Crippen MR) is 72.5 cm³/mol. The Morgan fingerprint density at radius 3 is 2.47 bits per heavy atom. The number of carboxylic acids is 1. The van der Waals surface area contributed by atoms with Gasteiger partial charge in [0.05, 0.1) is 12.0 Å². The molecule has 1 amide bonds. The van der Waals surface area contributed by atoms with Gasteiger partial charge in [-0.15, -0.1) is 0 Å². The summed E-state index contributed by atoms with van der Waals surface area (Å²) in [5.74, 6) is -1.78. The van der Waals surface area contributed by atoms with E-state index >= 15 is 0 Å². The van der Waals surface area contributed by atoms with Crippen molar-refractivity contribution >= 4 is 11.9 Å². The van der Waals surface area contributed by atoms with Crippen molar-refractivity contribution in [3.05, 3.63) is 35.9 Å². The van der Waals surface area contributed by atoms with Crippen LogP contribution >= 0.6 is 0 Å². The van der Waals surface area contributed by atoms with Crippen LogP contribution in [0.25, 0.3) is 0 Å². The zero-order valence-corrected chi connectivity index (χ0v) is 11.0. The van der Waals surface area contributed by atoms with Gasteiger partial charge in [-0.25, -0.2) is 0 Å². The summed E-state index contributed by atoms with van der Waals surface area (Å²) in [6, 6.07) is 8.81. The summed E-state index contributed by atoms with van der Waals surface area (Å²) in [7, 11) is 0. The van der Waals surface area contributed by atoms with Gasteiger partial charge in [-0.2, -0.15) is 0 Å². The van der Waals surface area contributed by atoms with Crippen molar-refractivity contribution < 1.29 is 14.7 Å². The van der Waals surface area contributed by atoms with E-state index in [1.54, 1.807) is 6.92 Å². The second-order valence-electron chi connectivity index (χ2n) is 4.48. The third-order valence-corrected chi connectivity index (χ3v) is 3.00. The summed E-state index contributed by atoms with van der Waals surface area (Å²) >= 11 is 0. The van der Waals surface area contributed by atoms with Crippen molar-refractivity contribution in [3.63, 3.8) is 0 Å².